The fourth-order valence-electron chi connectivity index (χ4n) is 3.70. The van der Waals surface area contributed by atoms with Crippen LogP contribution in [0.2, 0.25) is 15.1 Å². The Kier molecular flexibility index (Phi) is 7.19. The monoisotopic (exact) mass is 569 g/mol. The minimum absolute atomic E-state index is 0.00907. The number of anilines is 2. The van der Waals surface area contributed by atoms with E-state index in [4.69, 9.17) is 63.3 Å². The first-order valence-electron chi connectivity index (χ1n) is 9.96. The number of hydrogen-bond donors (Lipinski definition) is 2. The molecule has 2 N–H and O–H groups in total. The zero-order valence-corrected chi connectivity index (χ0v) is 21.2. The Bertz CT molecular complexity index is 1390. The van der Waals surface area contributed by atoms with E-state index in [0.717, 1.165) is 6.07 Å². The summed E-state index contributed by atoms with van der Waals surface area (Å²) in [6.07, 6.45) is 0. The first kappa shape index (κ1) is 25.6. The van der Waals surface area contributed by atoms with Crippen LogP contribution in [0, 0.1) is 23.1 Å². The van der Waals surface area contributed by atoms with Crippen molar-refractivity contribution in [3.8, 4) is 6.07 Å². The number of hydrogen-bond acceptors (Lipinski definition) is 3. The molecule has 0 aromatic heterocycles. The van der Waals surface area contributed by atoms with Gasteiger partial charge in [0.05, 0.1) is 33.8 Å². The lowest BCUT2D eigenvalue weighted by molar-refractivity contribution is -0.117. The maximum absolute atomic E-state index is 14.2. The number of carbonyl (C=O) groups excluding carboxylic acids is 2. The van der Waals surface area contributed by atoms with Crippen molar-refractivity contribution in [2.75, 3.05) is 10.6 Å². The number of nitriles is 1. The number of benzene rings is 3. The molecule has 0 spiro atoms. The molecule has 178 valence electrons. The summed E-state index contributed by atoms with van der Waals surface area (Å²) in [6, 6.07) is 14.5. The van der Waals surface area contributed by atoms with Crippen LogP contribution in [0.1, 0.15) is 27.4 Å². The first-order valence-corrected chi connectivity index (χ1v) is 11.9. The number of alkyl halides is 2. The molecule has 2 unspecified atom stereocenters. The van der Waals surface area contributed by atoms with E-state index >= 15 is 0 Å². The number of amides is 2. The standard InChI is InChI=1S/C24H13Cl5FN3O2/c25-13-6-12(7-14(26)8-13)20-21(24(20,28)29)23(35)32-15-2-3-17(27)16(9-15)22(34)33-19-4-1-11(10-31)5-18(19)30/h1-9,20-21H,(H,32,35)(H,33,34). The van der Waals surface area contributed by atoms with Crippen molar-refractivity contribution in [2.24, 2.45) is 5.92 Å². The highest BCUT2D eigenvalue weighted by atomic mass is 35.5. The third kappa shape index (κ3) is 5.35. The van der Waals surface area contributed by atoms with Crippen molar-refractivity contribution < 1.29 is 14.0 Å². The molecule has 11 heteroatoms. The van der Waals surface area contributed by atoms with Crippen LogP contribution in [0.15, 0.2) is 54.6 Å². The van der Waals surface area contributed by atoms with Gasteiger partial charge in [0.25, 0.3) is 5.91 Å². The molecule has 4 rings (SSSR count). The van der Waals surface area contributed by atoms with Gasteiger partial charge >= 0.3 is 0 Å². The zero-order chi connectivity index (χ0) is 25.5. The summed E-state index contributed by atoms with van der Waals surface area (Å²) in [5.41, 5.74) is 0.841. The molecule has 1 aliphatic rings. The average Bonchev–Trinajstić information content (AvgIpc) is 3.37. The fourth-order valence-corrected chi connectivity index (χ4v) is 5.27. The minimum atomic E-state index is -1.38. The molecule has 2 atom stereocenters. The van der Waals surface area contributed by atoms with Gasteiger partial charge in [0.15, 0.2) is 0 Å². The summed E-state index contributed by atoms with van der Waals surface area (Å²) in [5.74, 6) is -3.32. The van der Waals surface area contributed by atoms with Gasteiger partial charge in [-0.3, -0.25) is 9.59 Å². The Morgan fingerprint density at radius 1 is 0.943 bits per heavy atom. The van der Waals surface area contributed by atoms with Crippen molar-refractivity contribution in [2.45, 2.75) is 10.3 Å². The summed E-state index contributed by atoms with van der Waals surface area (Å²) in [7, 11) is 0. The Morgan fingerprint density at radius 3 is 2.26 bits per heavy atom. The van der Waals surface area contributed by atoms with Crippen LogP contribution < -0.4 is 10.6 Å². The van der Waals surface area contributed by atoms with Gasteiger partial charge in [0.2, 0.25) is 5.91 Å². The predicted octanol–water partition coefficient (Wildman–Crippen LogP) is 7.44. The highest BCUT2D eigenvalue weighted by Gasteiger charge is 2.67. The van der Waals surface area contributed by atoms with Crippen molar-refractivity contribution in [1.29, 1.82) is 5.26 Å². The van der Waals surface area contributed by atoms with E-state index < -0.39 is 33.8 Å². The molecule has 1 saturated carbocycles. The fraction of sp³-hybridized carbons (Fsp3) is 0.125. The van der Waals surface area contributed by atoms with E-state index in [-0.39, 0.29) is 27.5 Å². The normalized spacial score (nSPS) is 17.9. The summed E-state index contributed by atoms with van der Waals surface area (Å²) < 4.78 is 12.8. The van der Waals surface area contributed by atoms with Gasteiger partial charge < -0.3 is 10.6 Å². The summed E-state index contributed by atoms with van der Waals surface area (Å²) in [6.45, 7) is 0. The van der Waals surface area contributed by atoms with Crippen LogP contribution in [-0.2, 0) is 4.79 Å². The molecule has 2 amide bonds. The number of rotatable bonds is 5. The molecule has 0 aliphatic heterocycles. The van der Waals surface area contributed by atoms with Crippen LogP contribution in [-0.4, -0.2) is 16.1 Å². The van der Waals surface area contributed by atoms with Gasteiger partial charge in [-0.25, -0.2) is 4.39 Å². The van der Waals surface area contributed by atoms with E-state index in [1.807, 2.05) is 6.07 Å². The summed E-state index contributed by atoms with van der Waals surface area (Å²) in [5, 5.41) is 14.8. The van der Waals surface area contributed by atoms with E-state index in [9.17, 15) is 14.0 Å². The lowest BCUT2D eigenvalue weighted by Gasteiger charge is -2.11. The molecule has 5 nitrogen and oxygen atoms in total. The summed E-state index contributed by atoms with van der Waals surface area (Å²) in [4.78, 5) is 25.7. The van der Waals surface area contributed by atoms with E-state index in [1.54, 1.807) is 18.2 Å². The molecular formula is C24H13Cl5FN3O2. The van der Waals surface area contributed by atoms with Gasteiger partial charge in [0.1, 0.15) is 10.2 Å². The zero-order valence-electron chi connectivity index (χ0n) is 17.4. The molecule has 1 aliphatic carbocycles. The van der Waals surface area contributed by atoms with Crippen LogP contribution in [0.4, 0.5) is 15.8 Å². The van der Waals surface area contributed by atoms with Gasteiger partial charge in [0, 0.05) is 21.7 Å². The van der Waals surface area contributed by atoms with Crippen molar-refractivity contribution in [3.63, 3.8) is 0 Å². The molecule has 3 aromatic carbocycles. The molecule has 3 aromatic rings. The second-order valence-corrected chi connectivity index (χ2v) is 10.5. The smallest absolute Gasteiger partial charge is 0.257 e. The van der Waals surface area contributed by atoms with E-state index in [2.05, 4.69) is 10.6 Å². The molecule has 35 heavy (non-hydrogen) atoms. The van der Waals surface area contributed by atoms with Crippen LogP contribution in [0.5, 0.6) is 0 Å². The molecule has 0 radical (unpaired) electrons. The largest absolute Gasteiger partial charge is 0.326 e. The number of carbonyl (C=O) groups is 2. The number of halogens is 6. The topological polar surface area (TPSA) is 82.0 Å². The summed E-state index contributed by atoms with van der Waals surface area (Å²) >= 11 is 31.0. The molecular weight excluding hydrogens is 559 g/mol. The third-order valence-electron chi connectivity index (χ3n) is 5.40. The maximum Gasteiger partial charge on any atom is 0.257 e. The van der Waals surface area contributed by atoms with Crippen LogP contribution in [0.25, 0.3) is 0 Å². The van der Waals surface area contributed by atoms with Crippen molar-refractivity contribution >= 4 is 81.2 Å². The van der Waals surface area contributed by atoms with Crippen molar-refractivity contribution in [1.82, 2.24) is 0 Å². The lowest BCUT2D eigenvalue weighted by Crippen LogP contribution is -2.18. The van der Waals surface area contributed by atoms with E-state index in [1.165, 1.54) is 30.3 Å². The second-order valence-electron chi connectivity index (χ2n) is 7.78. The van der Waals surface area contributed by atoms with Gasteiger partial charge in [-0.05, 0) is 60.2 Å². The number of nitrogens with one attached hydrogen (secondary N) is 2. The average molecular weight is 572 g/mol. The number of nitrogens with zero attached hydrogens (tertiary/aromatic N) is 1. The second kappa shape index (κ2) is 9.85. The van der Waals surface area contributed by atoms with Gasteiger partial charge in [-0.2, -0.15) is 5.26 Å². The Hall–Kier alpha value is -2.53. The SMILES string of the molecule is N#Cc1ccc(NC(=O)c2cc(NC(=O)C3C(c4cc(Cl)cc(Cl)c4)C3(Cl)Cl)ccc2Cl)c(F)c1. The first-order chi connectivity index (χ1) is 16.5. The predicted molar refractivity (Wildman–Crippen MR) is 136 cm³/mol. The Balaban J connectivity index is 1.51. The third-order valence-corrected chi connectivity index (χ3v) is 7.11. The van der Waals surface area contributed by atoms with Gasteiger partial charge in [-0.1, -0.05) is 34.8 Å². The Morgan fingerprint density at radius 2 is 1.63 bits per heavy atom. The van der Waals surface area contributed by atoms with E-state index in [0.29, 0.717) is 15.6 Å². The highest BCUT2D eigenvalue weighted by molar-refractivity contribution is 6.53. The molecule has 0 bridgehead atoms. The quantitative estimate of drug-likeness (QED) is 0.313. The molecule has 1 fully saturated rings. The lowest BCUT2D eigenvalue weighted by atomic mass is 10.1. The molecule has 0 saturated heterocycles. The minimum Gasteiger partial charge on any atom is -0.326 e. The van der Waals surface area contributed by atoms with Crippen LogP contribution >= 0.6 is 58.0 Å². The van der Waals surface area contributed by atoms with Crippen LogP contribution in [0.3, 0.4) is 0 Å². The maximum atomic E-state index is 14.2. The Labute approximate surface area is 224 Å². The highest BCUT2D eigenvalue weighted by Crippen LogP contribution is 2.65. The van der Waals surface area contributed by atoms with Gasteiger partial charge in [-0.15, -0.1) is 23.2 Å². The molecule has 0 heterocycles. The van der Waals surface area contributed by atoms with Crippen molar-refractivity contribution in [3.05, 3.63) is 92.2 Å².